The average molecular weight is 326 g/mol. The quantitative estimate of drug-likeness (QED) is 0.668. The molecule has 8 heteroatoms. The van der Waals surface area contributed by atoms with Crippen molar-refractivity contribution in [3.05, 3.63) is 39.4 Å². The molecule has 1 aromatic heterocycles. The molecule has 110 valence electrons. The average Bonchev–Trinajstić information content (AvgIpc) is 2.81. The summed E-state index contributed by atoms with van der Waals surface area (Å²) in [5.41, 5.74) is 6.82. The molecule has 0 aliphatic carbocycles. The number of nitrogens with zero attached hydrogens (tertiary/aromatic N) is 1. The van der Waals surface area contributed by atoms with Gasteiger partial charge in [-0.1, -0.05) is 22.9 Å². The highest BCUT2D eigenvalue weighted by Crippen LogP contribution is 2.25. The minimum atomic E-state index is -0.485. The van der Waals surface area contributed by atoms with Crippen molar-refractivity contribution in [1.82, 2.24) is 4.98 Å². The normalized spacial score (nSPS) is 10.2. The Hall–Kier alpha value is -2.12. The number of carbonyl (C=O) groups excluding carboxylic acids is 2. The molecule has 1 amide bonds. The molecule has 6 nitrogen and oxygen atoms in total. The first-order chi connectivity index (χ1) is 9.92. The van der Waals surface area contributed by atoms with Crippen molar-refractivity contribution in [2.75, 3.05) is 18.2 Å². The van der Waals surface area contributed by atoms with Crippen LogP contribution < -0.4 is 11.1 Å². The molecule has 0 saturated heterocycles. The van der Waals surface area contributed by atoms with Crippen molar-refractivity contribution >= 4 is 45.6 Å². The molecule has 0 fully saturated rings. The number of hydrogen-bond donors (Lipinski definition) is 2. The van der Waals surface area contributed by atoms with Crippen molar-refractivity contribution in [1.29, 1.82) is 0 Å². The predicted octanol–water partition coefficient (Wildman–Crippen LogP) is 2.73. The standard InChI is InChI=1S/C13H12ClN3O3S/c1-6-10(12(19)20-2)21-13(16-6)17-11(18)7-3-4-8(14)9(15)5-7/h3-5H,15H2,1-2H3,(H,16,17,18). The number of aryl methyl sites for hydroxylation is 1. The molecule has 2 aromatic rings. The second-order valence-corrected chi connectivity index (χ2v) is 5.52. The van der Waals surface area contributed by atoms with Gasteiger partial charge in [-0.15, -0.1) is 0 Å². The number of benzene rings is 1. The molecule has 0 radical (unpaired) electrons. The lowest BCUT2D eigenvalue weighted by Gasteiger charge is -2.03. The zero-order chi connectivity index (χ0) is 15.6. The van der Waals surface area contributed by atoms with Gasteiger partial charge in [0.2, 0.25) is 0 Å². The summed E-state index contributed by atoms with van der Waals surface area (Å²) in [5, 5.41) is 3.30. The molecule has 0 aliphatic rings. The largest absolute Gasteiger partial charge is 0.465 e. The monoisotopic (exact) mass is 325 g/mol. The molecule has 0 saturated carbocycles. The van der Waals surface area contributed by atoms with Gasteiger partial charge in [0.25, 0.3) is 5.91 Å². The molecule has 1 aromatic carbocycles. The summed E-state index contributed by atoms with van der Waals surface area (Å²) in [6.07, 6.45) is 0. The van der Waals surface area contributed by atoms with Crippen molar-refractivity contribution in [3.63, 3.8) is 0 Å². The molecule has 0 aliphatic heterocycles. The van der Waals surface area contributed by atoms with Crippen LogP contribution in [0, 0.1) is 6.92 Å². The lowest BCUT2D eigenvalue weighted by atomic mass is 10.2. The van der Waals surface area contributed by atoms with Crippen molar-refractivity contribution in [2.45, 2.75) is 6.92 Å². The first kappa shape index (κ1) is 15.3. The lowest BCUT2D eigenvalue weighted by molar-refractivity contribution is 0.0605. The van der Waals surface area contributed by atoms with E-state index in [0.717, 1.165) is 11.3 Å². The number of carbonyl (C=O) groups is 2. The van der Waals surface area contributed by atoms with Gasteiger partial charge in [-0.05, 0) is 25.1 Å². The van der Waals surface area contributed by atoms with Crippen LogP contribution >= 0.6 is 22.9 Å². The molecule has 1 heterocycles. The topological polar surface area (TPSA) is 94.3 Å². The second-order valence-electron chi connectivity index (χ2n) is 4.12. The Kier molecular flexibility index (Phi) is 4.44. The summed E-state index contributed by atoms with van der Waals surface area (Å²) < 4.78 is 4.64. The smallest absolute Gasteiger partial charge is 0.350 e. The SMILES string of the molecule is COC(=O)c1sc(NC(=O)c2ccc(Cl)c(N)c2)nc1C. The van der Waals surface area contributed by atoms with E-state index in [9.17, 15) is 9.59 Å². The number of nitrogens with one attached hydrogen (secondary N) is 1. The van der Waals surface area contributed by atoms with Crippen LogP contribution in [0.15, 0.2) is 18.2 Å². The number of nitrogens with two attached hydrogens (primary N) is 1. The van der Waals surface area contributed by atoms with Crippen molar-refractivity contribution < 1.29 is 14.3 Å². The van der Waals surface area contributed by atoms with Gasteiger partial charge < -0.3 is 10.5 Å². The number of rotatable bonds is 3. The van der Waals surface area contributed by atoms with Gasteiger partial charge in [-0.3, -0.25) is 10.1 Å². The third kappa shape index (κ3) is 3.32. The highest BCUT2D eigenvalue weighted by molar-refractivity contribution is 7.17. The van der Waals surface area contributed by atoms with Gasteiger partial charge in [-0.2, -0.15) is 0 Å². The van der Waals surface area contributed by atoms with Crippen LogP contribution in [0.1, 0.15) is 25.7 Å². The van der Waals surface area contributed by atoms with E-state index in [2.05, 4.69) is 15.0 Å². The number of aromatic nitrogens is 1. The van der Waals surface area contributed by atoms with Gasteiger partial charge in [0, 0.05) is 5.56 Å². The van der Waals surface area contributed by atoms with Crippen LogP contribution in [-0.4, -0.2) is 24.0 Å². The second kappa shape index (κ2) is 6.11. The molecule has 0 unspecified atom stereocenters. The Balaban J connectivity index is 2.19. The van der Waals surface area contributed by atoms with Crippen LogP contribution in [0.2, 0.25) is 5.02 Å². The number of amides is 1. The molecular weight excluding hydrogens is 314 g/mol. The number of thiazole rings is 1. The number of ether oxygens (including phenoxy) is 1. The number of halogens is 1. The third-order valence-corrected chi connectivity index (χ3v) is 4.04. The summed E-state index contributed by atoms with van der Waals surface area (Å²) in [6, 6.07) is 4.56. The van der Waals surface area contributed by atoms with Crippen LogP contribution in [0.3, 0.4) is 0 Å². The zero-order valence-corrected chi connectivity index (χ0v) is 12.8. The Morgan fingerprint density at radius 3 is 2.76 bits per heavy atom. The van der Waals surface area contributed by atoms with Gasteiger partial charge in [0.05, 0.1) is 23.5 Å². The number of hydrogen-bond acceptors (Lipinski definition) is 6. The Morgan fingerprint density at radius 1 is 1.43 bits per heavy atom. The third-order valence-electron chi connectivity index (χ3n) is 2.65. The molecular formula is C13H12ClN3O3S. The number of nitrogen functional groups attached to an aromatic ring is 1. The fourth-order valence-electron chi connectivity index (χ4n) is 1.59. The summed E-state index contributed by atoms with van der Waals surface area (Å²) in [7, 11) is 1.29. The molecule has 0 bridgehead atoms. The number of anilines is 2. The number of methoxy groups -OCH3 is 1. The fraction of sp³-hybridized carbons (Fsp3) is 0.154. The van der Waals surface area contributed by atoms with Crippen molar-refractivity contribution in [3.8, 4) is 0 Å². The Morgan fingerprint density at radius 2 is 2.14 bits per heavy atom. The van der Waals surface area contributed by atoms with Crippen LogP contribution in [0.5, 0.6) is 0 Å². The van der Waals surface area contributed by atoms with Gasteiger partial charge in [0.1, 0.15) is 4.88 Å². The summed E-state index contributed by atoms with van der Waals surface area (Å²) in [5.74, 6) is -0.871. The van der Waals surface area contributed by atoms with E-state index in [4.69, 9.17) is 17.3 Å². The van der Waals surface area contributed by atoms with E-state index >= 15 is 0 Å². The van der Waals surface area contributed by atoms with E-state index in [1.165, 1.54) is 13.2 Å². The first-order valence-electron chi connectivity index (χ1n) is 5.84. The van der Waals surface area contributed by atoms with Crippen LogP contribution in [0.4, 0.5) is 10.8 Å². The highest BCUT2D eigenvalue weighted by atomic mass is 35.5. The molecule has 3 N–H and O–H groups in total. The lowest BCUT2D eigenvalue weighted by Crippen LogP contribution is -2.12. The van der Waals surface area contributed by atoms with Crippen LogP contribution in [0.25, 0.3) is 0 Å². The highest BCUT2D eigenvalue weighted by Gasteiger charge is 2.17. The molecule has 0 atom stereocenters. The maximum Gasteiger partial charge on any atom is 0.350 e. The zero-order valence-electron chi connectivity index (χ0n) is 11.3. The van der Waals surface area contributed by atoms with Gasteiger partial charge >= 0.3 is 5.97 Å². The molecule has 0 spiro atoms. The van der Waals surface area contributed by atoms with Gasteiger partial charge in [0.15, 0.2) is 5.13 Å². The van der Waals surface area contributed by atoms with E-state index < -0.39 is 5.97 Å². The van der Waals surface area contributed by atoms with E-state index in [1.807, 2.05) is 0 Å². The summed E-state index contributed by atoms with van der Waals surface area (Å²) >= 11 is 6.85. The first-order valence-corrected chi connectivity index (χ1v) is 7.04. The Bertz CT molecular complexity index is 715. The van der Waals surface area contributed by atoms with Crippen LogP contribution in [-0.2, 0) is 4.74 Å². The fourth-order valence-corrected chi connectivity index (χ4v) is 2.58. The Labute approximate surface area is 129 Å². The van der Waals surface area contributed by atoms with Crippen molar-refractivity contribution in [2.24, 2.45) is 0 Å². The molecule has 21 heavy (non-hydrogen) atoms. The minimum Gasteiger partial charge on any atom is -0.465 e. The van der Waals surface area contributed by atoms with E-state index in [-0.39, 0.29) is 5.91 Å². The minimum absolute atomic E-state index is 0.312. The maximum absolute atomic E-state index is 12.1. The number of esters is 1. The maximum atomic E-state index is 12.1. The molecule has 2 rings (SSSR count). The van der Waals surface area contributed by atoms with E-state index in [0.29, 0.717) is 32.0 Å². The predicted molar refractivity (Wildman–Crippen MR) is 82.0 cm³/mol. The van der Waals surface area contributed by atoms with Gasteiger partial charge in [-0.25, -0.2) is 9.78 Å². The summed E-state index contributed by atoms with van der Waals surface area (Å²) in [4.78, 5) is 28.0. The van der Waals surface area contributed by atoms with E-state index in [1.54, 1.807) is 19.1 Å². The summed E-state index contributed by atoms with van der Waals surface area (Å²) in [6.45, 7) is 1.67.